The Labute approximate surface area is 76.9 Å². The summed E-state index contributed by atoms with van der Waals surface area (Å²) < 4.78 is 37.1. The van der Waals surface area contributed by atoms with Crippen LogP contribution in [0.2, 0.25) is 0 Å². The second kappa shape index (κ2) is 3.86. The molecule has 0 aromatic carbocycles. The van der Waals surface area contributed by atoms with Crippen LogP contribution < -0.4 is 0 Å². The van der Waals surface area contributed by atoms with Crippen LogP contribution in [0.4, 0.5) is 13.2 Å². The summed E-state index contributed by atoms with van der Waals surface area (Å²) in [6.45, 7) is 2.62. The highest BCUT2D eigenvalue weighted by Gasteiger charge is 2.44. The van der Waals surface area contributed by atoms with E-state index in [1.165, 1.54) is 4.90 Å². The molecular weight excluding hydrogens is 179 g/mol. The Bertz CT molecular complexity index is 167. The lowest BCUT2D eigenvalue weighted by Crippen LogP contribution is -2.48. The first kappa shape index (κ1) is 10.8. The van der Waals surface area contributed by atoms with E-state index in [0.717, 1.165) is 6.42 Å². The molecule has 1 heterocycles. The standard InChI is InChI=1S/C9H16F3N/c1-3-7-4-5-8(9(10,11)12)13(2)6-7/h7-8H,3-6H2,1-2H3/t7-,8+/m1/s1. The fourth-order valence-electron chi connectivity index (χ4n) is 1.99. The van der Waals surface area contributed by atoms with Crippen LogP contribution in [-0.2, 0) is 0 Å². The molecule has 0 aromatic heterocycles. The summed E-state index contributed by atoms with van der Waals surface area (Å²) in [4.78, 5) is 1.44. The van der Waals surface area contributed by atoms with Crippen molar-refractivity contribution in [1.29, 1.82) is 0 Å². The first-order valence-corrected chi connectivity index (χ1v) is 4.72. The maximum Gasteiger partial charge on any atom is 0.404 e. The maximum absolute atomic E-state index is 12.4. The molecule has 0 aromatic rings. The van der Waals surface area contributed by atoms with Gasteiger partial charge < -0.3 is 0 Å². The minimum atomic E-state index is -4.05. The Hall–Kier alpha value is -0.250. The molecule has 1 aliphatic rings. The second-order valence-corrected chi connectivity index (χ2v) is 3.85. The molecule has 1 saturated heterocycles. The first-order valence-electron chi connectivity index (χ1n) is 4.72. The van der Waals surface area contributed by atoms with Gasteiger partial charge in [-0.1, -0.05) is 13.3 Å². The Kier molecular flexibility index (Phi) is 3.22. The first-order chi connectivity index (χ1) is 5.95. The normalized spacial score (nSPS) is 32.1. The van der Waals surface area contributed by atoms with Crippen molar-refractivity contribution >= 4 is 0 Å². The number of piperidine rings is 1. The monoisotopic (exact) mass is 195 g/mol. The van der Waals surface area contributed by atoms with Gasteiger partial charge in [-0.2, -0.15) is 13.2 Å². The van der Waals surface area contributed by atoms with E-state index in [4.69, 9.17) is 0 Å². The topological polar surface area (TPSA) is 3.24 Å². The van der Waals surface area contributed by atoms with Crippen LogP contribution in [0.25, 0.3) is 0 Å². The van der Waals surface area contributed by atoms with E-state index < -0.39 is 12.2 Å². The number of nitrogens with zero attached hydrogens (tertiary/aromatic N) is 1. The highest BCUT2D eigenvalue weighted by Crippen LogP contribution is 2.33. The zero-order valence-electron chi connectivity index (χ0n) is 8.06. The largest absolute Gasteiger partial charge is 0.404 e. The molecule has 0 aliphatic carbocycles. The molecule has 0 spiro atoms. The van der Waals surface area contributed by atoms with Crippen LogP contribution in [0.5, 0.6) is 0 Å². The number of halogens is 3. The molecule has 1 aliphatic heterocycles. The molecule has 0 amide bonds. The van der Waals surface area contributed by atoms with E-state index in [0.29, 0.717) is 18.9 Å². The highest BCUT2D eigenvalue weighted by molar-refractivity contribution is 4.83. The van der Waals surface area contributed by atoms with Gasteiger partial charge in [0.05, 0.1) is 0 Å². The van der Waals surface area contributed by atoms with Gasteiger partial charge in [-0.3, -0.25) is 4.90 Å². The summed E-state index contributed by atoms with van der Waals surface area (Å²) in [6, 6.07) is -1.21. The molecule has 2 atom stereocenters. The van der Waals surface area contributed by atoms with Crippen molar-refractivity contribution < 1.29 is 13.2 Å². The molecule has 0 radical (unpaired) electrons. The lowest BCUT2D eigenvalue weighted by atomic mass is 9.91. The molecule has 4 heteroatoms. The Balaban J connectivity index is 2.53. The fraction of sp³-hybridized carbons (Fsp3) is 1.00. The second-order valence-electron chi connectivity index (χ2n) is 3.85. The van der Waals surface area contributed by atoms with Gasteiger partial charge in [0.1, 0.15) is 6.04 Å². The van der Waals surface area contributed by atoms with E-state index in [-0.39, 0.29) is 6.42 Å². The predicted octanol–water partition coefficient (Wildman–Crippen LogP) is 2.67. The molecule has 78 valence electrons. The van der Waals surface area contributed by atoms with Crippen LogP contribution in [0.3, 0.4) is 0 Å². The number of likely N-dealkylation sites (tertiary alicyclic amines) is 1. The van der Waals surface area contributed by atoms with Crippen LogP contribution in [-0.4, -0.2) is 30.7 Å². The third-order valence-corrected chi connectivity index (χ3v) is 2.88. The minimum Gasteiger partial charge on any atom is -0.295 e. The van der Waals surface area contributed by atoms with E-state index in [1.807, 2.05) is 6.92 Å². The van der Waals surface area contributed by atoms with Gasteiger partial charge >= 0.3 is 6.18 Å². The molecule has 0 saturated carbocycles. The summed E-state index contributed by atoms with van der Waals surface area (Å²) in [6.07, 6.45) is -2.09. The average molecular weight is 195 g/mol. The molecule has 1 rings (SSSR count). The van der Waals surface area contributed by atoms with Crippen molar-refractivity contribution in [3.63, 3.8) is 0 Å². The van der Waals surface area contributed by atoms with Gasteiger partial charge in [0, 0.05) is 6.54 Å². The summed E-state index contributed by atoms with van der Waals surface area (Å²) in [5, 5.41) is 0. The molecule has 1 fully saturated rings. The van der Waals surface area contributed by atoms with E-state index >= 15 is 0 Å². The third-order valence-electron chi connectivity index (χ3n) is 2.88. The van der Waals surface area contributed by atoms with E-state index in [9.17, 15) is 13.2 Å². The van der Waals surface area contributed by atoms with Crippen molar-refractivity contribution in [3.05, 3.63) is 0 Å². The zero-order chi connectivity index (χ0) is 10.1. The molecule has 1 nitrogen and oxygen atoms in total. The Morgan fingerprint density at radius 2 is 1.92 bits per heavy atom. The lowest BCUT2D eigenvalue weighted by Gasteiger charge is -2.37. The molecule has 13 heavy (non-hydrogen) atoms. The summed E-state index contributed by atoms with van der Waals surface area (Å²) >= 11 is 0. The Morgan fingerprint density at radius 1 is 1.31 bits per heavy atom. The van der Waals surface area contributed by atoms with Crippen LogP contribution in [0, 0.1) is 5.92 Å². The maximum atomic E-state index is 12.4. The van der Waals surface area contributed by atoms with Gasteiger partial charge in [-0.15, -0.1) is 0 Å². The summed E-state index contributed by atoms with van der Waals surface area (Å²) in [7, 11) is 1.57. The minimum absolute atomic E-state index is 0.262. The van der Waals surface area contributed by atoms with E-state index in [1.54, 1.807) is 7.05 Å². The third kappa shape index (κ3) is 2.59. The van der Waals surface area contributed by atoms with Gasteiger partial charge in [0.2, 0.25) is 0 Å². The van der Waals surface area contributed by atoms with E-state index in [2.05, 4.69) is 0 Å². The van der Waals surface area contributed by atoms with Crippen molar-refractivity contribution in [1.82, 2.24) is 4.90 Å². The lowest BCUT2D eigenvalue weighted by molar-refractivity contribution is -0.190. The van der Waals surface area contributed by atoms with Gasteiger partial charge in [-0.05, 0) is 25.8 Å². The smallest absolute Gasteiger partial charge is 0.295 e. The Morgan fingerprint density at radius 3 is 2.31 bits per heavy atom. The fourth-order valence-corrected chi connectivity index (χ4v) is 1.99. The number of alkyl halides is 3. The van der Waals surface area contributed by atoms with Gasteiger partial charge in [0.25, 0.3) is 0 Å². The SMILES string of the molecule is CC[C@@H]1CC[C@@H](C(F)(F)F)N(C)C1. The molecule has 0 unspecified atom stereocenters. The van der Waals surface area contributed by atoms with Crippen molar-refractivity contribution in [3.8, 4) is 0 Å². The molecular formula is C9H16F3N. The van der Waals surface area contributed by atoms with Crippen LogP contribution in [0.15, 0.2) is 0 Å². The van der Waals surface area contributed by atoms with Crippen LogP contribution >= 0.6 is 0 Å². The van der Waals surface area contributed by atoms with Crippen molar-refractivity contribution in [2.75, 3.05) is 13.6 Å². The average Bonchev–Trinajstić information content (AvgIpc) is 2.01. The molecule has 0 N–H and O–H groups in total. The molecule has 0 bridgehead atoms. The highest BCUT2D eigenvalue weighted by atomic mass is 19.4. The zero-order valence-corrected chi connectivity index (χ0v) is 8.06. The van der Waals surface area contributed by atoms with Crippen molar-refractivity contribution in [2.45, 2.75) is 38.4 Å². The predicted molar refractivity (Wildman–Crippen MR) is 45.5 cm³/mol. The number of hydrogen-bond acceptors (Lipinski definition) is 1. The summed E-state index contributed by atoms with van der Waals surface area (Å²) in [5.74, 6) is 0.448. The number of rotatable bonds is 1. The quantitative estimate of drug-likeness (QED) is 0.621. The van der Waals surface area contributed by atoms with Gasteiger partial charge in [-0.25, -0.2) is 0 Å². The summed E-state index contributed by atoms with van der Waals surface area (Å²) in [5.41, 5.74) is 0. The van der Waals surface area contributed by atoms with Gasteiger partial charge in [0.15, 0.2) is 0 Å². The van der Waals surface area contributed by atoms with Crippen LogP contribution in [0.1, 0.15) is 26.2 Å². The number of hydrogen-bond donors (Lipinski definition) is 0. The van der Waals surface area contributed by atoms with Crippen molar-refractivity contribution in [2.24, 2.45) is 5.92 Å².